The van der Waals surface area contributed by atoms with Crippen LogP contribution in [0.1, 0.15) is 47.4 Å². The van der Waals surface area contributed by atoms with E-state index in [0.717, 1.165) is 23.5 Å². The molecule has 0 saturated carbocycles. The van der Waals surface area contributed by atoms with Crippen LogP contribution in [0.4, 0.5) is 9.59 Å². The average molecular weight is 749 g/mol. The second-order valence-corrected chi connectivity index (χ2v) is 13.0. The Balaban J connectivity index is 1.44. The molecule has 2 unspecified atom stereocenters. The molecule has 2 atom stereocenters. The first-order valence-electron chi connectivity index (χ1n) is 15.5. The molecule has 52 heavy (non-hydrogen) atoms. The van der Waals surface area contributed by atoms with Gasteiger partial charge in [0.1, 0.15) is 23.0 Å². The van der Waals surface area contributed by atoms with Gasteiger partial charge in [-0.25, -0.2) is 29.3 Å². The molecule has 1 heterocycles. The van der Waals surface area contributed by atoms with E-state index < -0.39 is 24.2 Å². The SMILES string of the molecule is [C-]#[N+]C(C#N)=C1Sc2c(OC(=O)c3ccc(OC(=O)OCCC(C)OC)cc3)ccc(OC(=O)c3ccc(OC(=O)OCCC(C)OC)cc3)c2S1. The molecular formula is C36H32N2O12S2. The Morgan fingerprint density at radius 3 is 1.44 bits per heavy atom. The zero-order chi connectivity index (χ0) is 37.6. The lowest BCUT2D eigenvalue weighted by Crippen LogP contribution is -2.15. The van der Waals surface area contributed by atoms with Gasteiger partial charge in [-0.2, -0.15) is 0 Å². The molecule has 1 aliphatic heterocycles. The lowest BCUT2D eigenvalue weighted by Gasteiger charge is -2.12. The molecule has 14 nitrogen and oxygen atoms in total. The minimum Gasteiger partial charge on any atom is -0.434 e. The fraction of sp³-hybridized carbons (Fsp3) is 0.278. The van der Waals surface area contributed by atoms with Gasteiger partial charge in [0, 0.05) is 27.1 Å². The number of nitrogens with zero attached hydrogens (tertiary/aromatic N) is 2. The summed E-state index contributed by atoms with van der Waals surface area (Å²) in [5.74, 6) is -1.03. The Morgan fingerprint density at radius 1 is 0.692 bits per heavy atom. The summed E-state index contributed by atoms with van der Waals surface area (Å²) in [6, 6.07) is 15.9. The lowest BCUT2D eigenvalue weighted by molar-refractivity contribution is 0.0618. The molecule has 0 aromatic heterocycles. The molecule has 16 heteroatoms. The van der Waals surface area contributed by atoms with Crippen molar-refractivity contribution in [3.05, 3.63) is 93.1 Å². The van der Waals surface area contributed by atoms with E-state index in [1.54, 1.807) is 14.2 Å². The Kier molecular flexibility index (Phi) is 14.5. The molecule has 270 valence electrons. The first-order valence-corrected chi connectivity index (χ1v) is 17.1. The van der Waals surface area contributed by atoms with Crippen molar-refractivity contribution in [3.63, 3.8) is 0 Å². The predicted octanol–water partition coefficient (Wildman–Crippen LogP) is 7.82. The normalized spacial score (nSPS) is 12.6. The van der Waals surface area contributed by atoms with E-state index in [0.29, 0.717) is 26.9 Å². The van der Waals surface area contributed by atoms with Crippen LogP contribution in [-0.2, 0) is 18.9 Å². The van der Waals surface area contributed by atoms with Crippen LogP contribution in [0.25, 0.3) is 4.85 Å². The first kappa shape index (κ1) is 39.3. The topological polar surface area (TPSA) is 170 Å². The number of carbonyl (C=O) groups is 4. The molecule has 0 aliphatic carbocycles. The summed E-state index contributed by atoms with van der Waals surface area (Å²) in [5, 5.41) is 9.49. The van der Waals surface area contributed by atoms with Crippen molar-refractivity contribution < 1.29 is 57.1 Å². The van der Waals surface area contributed by atoms with Crippen LogP contribution in [0.3, 0.4) is 0 Å². The van der Waals surface area contributed by atoms with E-state index in [2.05, 4.69) is 4.85 Å². The molecule has 0 radical (unpaired) electrons. The molecule has 0 saturated heterocycles. The number of hydrogen-bond donors (Lipinski definition) is 0. The smallest absolute Gasteiger partial charge is 0.434 e. The Hall–Kier alpha value is -5.52. The fourth-order valence-corrected chi connectivity index (χ4v) is 6.51. The number of hydrogen-bond acceptors (Lipinski definition) is 15. The van der Waals surface area contributed by atoms with E-state index in [4.69, 9.17) is 44.5 Å². The Bertz CT molecular complexity index is 1770. The number of benzene rings is 3. The first-order chi connectivity index (χ1) is 25.0. The second kappa shape index (κ2) is 19.2. The van der Waals surface area contributed by atoms with Crippen molar-refractivity contribution in [1.29, 1.82) is 5.26 Å². The van der Waals surface area contributed by atoms with E-state index in [9.17, 15) is 24.4 Å². The molecule has 1 aliphatic rings. The van der Waals surface area contributed by atoms with Crippen LogP contribution in [0, 0.1) is 17.9 Å². The molecule has 0 spiro atoms. The third-order valence-corrected chi connectivity index (χ3v) is 9.73. The summed E-state index contributed by atoms with van der Waals surface area (Å²) in [7, 11) is 3.11. The highest BCUT2D eigenvalue weighted by molar-refractivity contribution is 8.24. The molecule has 0 N–H and O–H groups in total. The largest absolute Gasteiger partial charge is 0.513 e. The van der Waals surface area contributed by atoms with Gasteiger partial charge in [-0.05, 0) is 74.5 Å². The molecule has 0 bridgehead atoms. The summed E-state index contributed by atoms with van der Waals surface area (Å²) in [6.07, 6.45) is -0.994. The monoisotopic (exact) mass is 748 g/mol. The maximum absolute atomic E-state index is 13.1. The van der Waals surface area contributed by atoms with Gasteiger partial charge in [0.15, 0.2) is 0 Å². The minimum absolute atomic E-state index is 0.0855. The standard InChI is InChI=1S/C36H32N2O12S2/c1-21(43-4)16-18-45-35(41)47-25-10-6-23(7-11-25)32(39)49-28-14-15-29(31-30(28)51-34(52-31)27(20-37)38-3)50-33(40)24-8-12-26(13-9-24)48-36(42)46-19-17-22(2)44-5/h6-15,21-22H,16-19H2,1-2,4-5H3. The molecule has 4 rings (SSSR count). The van der Waals surface area contributed by atoms with Crippen LogP contribution in [0.2, 0.25) is 0 Å². The van der Waals surface area contributed by atoms with Crippen LogP contribution in [0.15, 0.2) is 80.4 Å². The quantitative estimate of drug-likeness (QED) is 0.0513. The second-order valence-electron chi connectivity index (χ2n) is 10.7. The van der Waals surface area contributed by atoms with Gasteiger partial charge in [-0.15, -0.1) is 0 Å². The number of nitriles is 1. The summed E-state index contributed by atoms with van der Waals surface area (Å²) < 4.78 is 42.2. The van der Waals surface area contributed by atoms with Crippen LogP contribution in [0.5, 0.6) is 23.0 Å². The highest BCUT2D eigenvalue weighted by Crippen LogP contribution is 2.59. The number of thioether (sulfide) groups is 2. The Morgan fingerprint density at radius 2 is 1.10 bits per heavy atom. The van der Waals surface area contributed by atoms with E-state index in [1.165, 1.54) is 60.7 Å². The van der Waals surface area contributed by atoms with Crippen molar-refractivity contribution in [2.45, 2.75) is 48.7 Å². The third kappa shape index (κ3) is 11.0. The zero-order valence-electron chi connectivity index (χ0n) is 28.4. The number of ether oxygens (including phenoxy) is 8. The van der Waals surface area contributed by atoms with Crippen molar-refractivity contribution >= 4 is 47.8 Å². The van der Waals surface area contributed by atoms with Crippen LogP contribution < -0.4 is 18.9 Å². The van der Waals surface area contributed by atoms with Gasteiger partial charge >= 0.3 is 24.2 Å². The molecule has 3 aromatic carbocycles. The molecular weight excluding hydrogens is 717 g/mol. The van der Waals surface area contributed by atoms with Gasteiger partial charge in [-0.3, -0.25) is 0 Å². The average Bonchev–Trinajstić information content (AvgIpc) is 3.59. The number of methoxy groups -OCH3 is 2. The molecule has 3 aromatic rings. The van der Waals surface area contributed by atoms with Crippen LogP contribution in [-0.4, -0.2) is 63.9 Å². The van der Waals surface area contributed by atoms with E-state index in [1.807, 2.05) is 19.9 Å². The maximum Gasteiger partial charge on any atom is 0.513 e. The summed E-state index contributed by atoms with van der Waals surface area (Å²) in [6.45, 7) is 11.3. The van der Waals surface area contributed by atoms with Crippen molar-refractivity contribution in [2.24, 2.45) is 0 Å². The van der Waals surface area contributed by atoms with Crippen molar-refractivity contribution in [1.82, 2.24) is 0 Å². The van der Waals surface area contributed by atoms with Gasteiger partial charge < -0.3 is 37.9 Å². The highest BCUT2D eigenvalue weighted by atomic mass is 32.2. The van der Waals surface area contributed by atoms with Crippen molar-refractivity contribution in [3.8, 4) is 29.1 Å². The number of allylic oxidation sites excluding steroid dienone is 1. The molecule has 0 amide bonds. The van der Waals surface area contributed by atoms with Gasteiger partial charge in [-0.1, -0.05) is 23.5 Å². The highest BCUT2D eigenvalue weighted by Gasteiger charge is 2.30. The third-order valence-electron chi connectivity index (χ3n) is 7.12. The summed E-state index contributed by atoms with van der Waals surface area (Å²) in [4.78, 5) is 54.1. The molecule has 0 fully saturated rings. The van der Waals surface area contributed by atoms with Crippen molar-refractivity contribution in [2.75, 3.05) is 27.4 Å². The van der Waals surface area contributed by atoms with Crippen LogP contribution >= 0.6 is 23.5 Å². The fourth-order valence-electron chi connectivity index (χ4n) is 4.04. The van der Waals surface area contributed by atoms with Gasteiger partial charge in [0.05, 0.1) is 63.2 Å². The number of rotatable bonds is 14. The predicted molar refractivity (Wildman–Crippen MR) is 186 cm³/mol. The summed E-state index contributed by atoms with van der Waals surface area (Å²) >= 11 is 2.04. The minimum atomic E-state index is -0.906. The Labute approximate surface area is 307 Å². The number of fused-ring (bicyclic) bond motifs is 1. The number of esters is 2. The van der Waals surface area contributed by atoms with E-state index >= 15 is 0 Å². The zero-order valence-corrected chi connectivity index (χ0v) is 30.0. The van der Waals surface area contributed by atoms with Gasteiger partial charge in [0.25, 0.3) is 5.70 Å². The number of carbonyl (C=O) groups excluding carboxylic acids is 4. The lowest BCUT2D eigenvalue weighted by atomic mass is 10.2. The maximum atomic E-state index is 13.1. The van der Waals surface area contributed by atoms with Gasteiger partial charge in [0.2, 0.25) is 0 Å². The van der Waals surface area contributed by atoms with E-state index in [-0.39, 0.29) is 65.2 Å². The summed E-state index contributed by atoms with van der Waals surface area (Å²) in [5.41, 5.74) is 0.0709.